The zero-order valence-corrected chi connectivity index (χ0v) is 27.8. The molecule has 0 saturated heterocycles. The first-order valence-electron chi connectivity index (χ1n) is 17.2. The van der Waals surface area contributed by atoms with E-state index in [2.05, 4.69) is 113 Å². The van der Waals surface area contributed by atoms with E-state index in [0.717, 1.165) is 100 Å². The Kier molecular flexibility index (Phi) is 7.03. The molecule has 6 aromatic heterocycles. The van der Waals surface area contributed by atoms with Gasteiger partial charge in [0.25, 0.3) is 0 Å². The Bertz CT molecular complexity index is 2870. The van der Waals surface area contributed by atoms with Gasteiger partial charge in [0, 0.05) is 45.1 Å². The Morgan fingerprint density at radius 1 is 0.308 bits per heavy atom. The van der Waals surface area contributed by atoms with Crippen LogP contribution in [0.1, 0.15) is 0 Å². The topological polar surface area (TPSA) is 77.3 Å². The first-order chi connectivity index (χ1) is 25.7. The molecule has 6 heteroatoms. The van der Waals surface area contributed by atoms with Crippen molar-refractivity contribution in [1.82, 2.24) is 29.9 Å². The third kappa shape index (κ3) is 5.22. The van der Waals surface area contributed by atoms with Crippen LogP contribution in [0.3, 0.4) is 0 Å². The Morgan fingerprint density at radius 2 is 0.923 bits per heavy atom. The molecule has 0 N–H and O–H groups in total. The molecule has 242 valence electrons. The van der Waals surface area contributed by atoms with Gasteiger partial charge in [-0.05, 0) is 59.7 Å². The summed E-state index contributed by atoms with van der Waals surface area (Å²) in [6.07, 6.45) is 3.58. The SMILES string of the molecule is c1ccc(-c2ccc3ccc4cc5nc(-c6ccc(-c7cc(-c8ccccn8)nc(-c8ccccn8)c7)cc6)c6ccccc6c5nc4c3n2)cc1. The van der Waals surface area contributed by atoms with Gasteiger partial charge in [-0.3, -0.25) is 9.97 Å². The molecule has 6 heterocycles. The molecular weight excluding hydrogens is 637 g/mol. The number of hydrogen-bond acceptors (Lipinski definition) is 6. The molecule has 0 aliphatic rings. The second-order valence-electron chi connectivity index (χ2n) is 12.8. The fraction of sp³-hybridized carbons (Fsp3) is 0. The average Bonchev–Trinajstić information content (AvgIpc) is 3.23. The molecule has 10 rings (SSSR count). The van der Waals surface area contributed by atoms with Crippen LogP contribution in [0.25, 0.3) is 100 Å². The van der Waals surface area contributed by atoms with Gasteiger partial charge >= 0.3 is 0 Å². The standard InChI is InChI=1S/C46H28N6/c1-2-10-30(11-3-1)37-23-22-32-20-21-33-26-42-46(52-45(33)44(32)50-37)36-13-5-4-12-35(36)43(51-42)31-18-16-29(17-19-31)34-27-40(38-14-6-8-24-47-38)49-41(28-34)39-15-7-9-25-48-39/h1-28H. The molecule has 0 spiro atoms. The van der Waals surface area contributed by atoms with Crippen LogP contribution in [-0.2, 0) is 0 Å². The van der Waals surface area contributed by atoms with E-state index < -0.39 is 0 Å². The molecule has 0 saturated carbocycles. The van der Waals surface area contributed by atoms with E-state index >= 15 is 0 Å². The lowest BCUT2D eigenvalue weighted by Gasteiger charge is -2.13. The van der Waals surface area contributed by atoms with Gasteiger partial charge in [0.05, 0.1) is 56.2 Å². The van der Waals surface area contributed by atoms with E-state index in [9.17, 15) is 0 Å². The number of aromatic nitrogens is 6. The predicted molar refractivity (Wildman–Crippen MR) is 210 cm³/mol. The molecule has 52 heavy (non-hydrogen) atoms. The molecule has 6 nitrogen and oxygen atoms in total. The summed E-state index contributed by atoms with van der Waals surface area (Å²) in [6.45, 7) is 0. The van der Waals surface area contributed by atoms with Crippen molar-refractivity contribution in [3.8, 4) is 56.4 Å². The van der Waals surface area contributed by atoms with E-state index in [1.54, 1.807) is 12.4 Å². The lowest BCUT2D eigenvalue weighted by molar-refractivity contribution is 1.22. The number of fused-ring (bicyclic) bond motifs is 6. The third-order valence-corrected chi connectivity index (χ3v) is 9.54. The van der Waals surface area contributed by atoms with Crippen molar-refractivity contribution >= 4 is 43.6 Å². The minimum Gasteiger partial charge on any atom is -0.255 e. The second kappa shape index (κ2) is 12.3. The minimum absolute atomic E-state index is 0.795. The fourth-order valence-electron chi connectivity index (χ4n) is 6.97. The quantitative estimate of drug-likeness (QED) is 0.135. The maximum absolute atomic E-state index is 5.28. The van der Waals surface area contributed by atoms with Gasteiger partial charge in [-0.1, -0.05) is 109 Å². The molecule has 0 atom stereocenters. The van der Waals surface area contributed by atoms with E-state index in [1.807, 2.05) is 54.6 Å². The minimum atomic E-state index is 0.795. The lowest BCUT2D eigenvalue weighted by Crippen LogP contribution is -1.95. The second-order valence-corrected chi connectivity index (χ2v) is 12.8. The zero-order valence-electron chi connectivity index (χ0n) is 27.8. The summed E-state index contributed by atoms with van der Waals surface area (Å²) in [4.78, 5) is 29.8. The van der Waals surface area contributed by atoms with Crippen LogP contribution in [-0.4, -0.2) is 29.9 Å². The Hall–Kier alpha value is -7.18. The third-order valence-electron chi connectivity index (χ3n) is 9.54. The van der Waals surface area contributed by atoms with Gasteiger partial charge in [-0.2, -0.15) is 0 Å². The van der Waals surface area contributed by atoms with Crippen LogP contribution in [0.2, 0.25) is 0 Å². The first-order valence-corrected chi connectivity index (χ1v) is 17.2. The van der Waals surface area contributed by atoms with Gasteiger partial charge in [0.15, 0.2) is 0 Å². The van der Waals surface area contributed by atoms with Crippen molar-refractivity contribution in [3.05, 3.63) is 170 Å². The summed E-state index contributed by atoms with van der Waals surface area (Å²) in [7, 11) is 0. The molecule has 0 radical (unpaired) electrons. The summed E-state index contributed by atoms with van der Waals surface area (Å²) in [5.41, 5.74) is 12.7. The Labute approximate surface area is 299 Å². The van der Waals surface area contributed by atoms with Crippen LogP contribution in [0.4, 0.5) is 0 Å². The van der Waals surface area contributed by atoms with Crippen molar-refractivity contribution in [3.63, 3.8) is 0 Å². The number of nitrogens with zero attached hydrogens (tertiary/aromatic N) is 6. The highest BCUT2D eigenvalue weighted by Gasteiger charge is 2.16. The lowest BCUT2D eigenvalue weighted by atomic mass is 9.98. The van der Waals surface area contributed by atoms with Crippen molar-refractivity contribution in [2.45, 2.75) is 0 Å². The maximum atomic E-state index is 5.28. The smallest absolute Gasteiger partial charge is 0.0974 e. The van der Waals surface area contributed by atoms with Crippen LogP contribution in [0, 0.1) is 0 Å². The van der Waals surface area contributed by atoms with Crippen molar-refractivity contribution in [1.29, 1.82) is 0 Å². The Balaban J connectivity index is 1.10. The molecule has 4 aromatic carbocycles. The zero-order chi connectivity index (χ0) is 34.4. The van der Waals surface area contributed by atoms with Gasteiger partial charge in [0.2, 0.25) is 0 Å². The van der Waals surface area contributed by atoms with E-state index in [-0.39, 0.29) is 0 Å². The highest BCUT2D eigenvalue weighted by Crippen LogP contribution is 2.36. The Morgan fingerprint density at radius 3 is 1.63 bits per heavy atom. The van der Waals surface area contributed by atoms with Crippen molar-refractivity contribution in [2.24, 2.45) is 0 Å². The van der Waals surface area contributed by atoms with Crippen LogP contribution in [0.15, 0.2) is 170 Å². The largest absolute Gasteiger partial charge is 0.255 e. The fourth-order valence-corrected chi connectivity index (χ4v) is 6.97. The normalized spacial score (nSPS) is 11.5. The van der Waals surface area contributed by atoms with E-state index in [4.69, 9.17) is 19.9 Å². The van der Waals surface area contributed by atoms with Gasteiger partial charge in [-0.15, -0.1) is 0 Å². The van der Waals surface area contributed by atoms with Gasteiger partial charge in [0.1, 0.15) is 0 Å². The van der Waals surface area contributed by atoms with Crippen LogP contribution < -0.4 is 0 Å². The molecule has 0 bridgehead atoms. The van der Waals surface area contributed by atoms with Crippen molar-refractivity contribution < 1.29 is 0 Å². The van der Waals surface area contributed by atoms with E-state index in [0.29, 0.717) is 0 Å². The van der Waals surface area contributed by atoms with Crippen LogP contribution >= 0.6 is 0 Å². The van der Waals surface area contributed by atoms with Gasteiger partial charge in [-0.25, -0.2) is 19.9 Å². The predicted octanol–water partition coefficient (Wildman–Crippen LogP) is 11.0. The molecule has 0 amide bonds. The number of benzene rings is 4. The highest BCUT2D eigenvalue weighted by molar-refractivity contribution is 6.14. The molecule has 0 unspecified atom stereocenters. The molecule has 0 fully saturated rings. The summed E-state index contributed by atoms with van der Waals surface area (Å²) in [5, 5.41) is 4.17. The van der Waals surface area contributed by atoms with Gasteiger partial charge < -0.3 is 0 Å². The number of rotatable bonds is 5. The molecule has 0 aliphatic heterocycles. The summed E-state index contributed by atoms with van der Waals surface area (Å²) >= 11 is 0. The maximum Gasteiger partial charge on any atom is 0.0974 e. The van der Waals surface area contributed by atoms with Crippen molar-refractivity contribution in [2.75, 3.05) is 0 Å². The monoisotopic (exact) mass is 664 g/mol. The summed E-state index contributed by atoms with van der Waals surface area (Å²) in [5.74, 6) is 0. The van der Waals surface area contributed by atoms with E-state index in [1.165, 1.54) is 0 Å². The number of hydrogen-bond donors (Lipinski definition) is 0. The first kappa shape index (κ1) is 29.7. The summed E-state index contributed by atoms with van der Waals surface area (Å²) < 4.78 is 0. The number of pyridine rings is 6. The summed E-state index contributed by atoms with van der Waals surface area (Å²) in [6, 6.07) is 53.8. The molecule has 10 aromatic rings. The molecular formula is C46H28N6. The van der Waals surface area contributed by atoms with Crippen LogP contribution in [0.5, 0.6) is 0 Å². The highest BCUT2D eigenvalue weighted by atomic mass is 14.8. The molecule has 0 aliphatic carbocycles. The average molecular weight is 665 g/mol.